The second kappa shape index (κ2) is 7.13. The number of anilines is 2. The van der Waals surface area contributed by atoms with Gasteiger partial charge in [-0.1, -0.05) is 0 Å². The molecule has 3 heterocycles. The first kappa shape index (κ1) is 19.4. The maximum absolute atomic E-state index is 14.5. The van der Waals surface area contributed by atoms with E-state index in [0.29, 0.717) is 24.1 Å². The van der Waals surface area contributed by atoms with E-state index in [9.17, 15) is 4.39 Å². The summed E-state index contributed by atoms with van der Waals surface area (Å²) in [6.07, 6.45) is 6.04. The number of halogens is 1. The van der Waals surface area contributed by atoms with Gasteiger partial charge in [0.2, 0.25) is 0 Å². The largest absolute Gasteiger partial charge is 0.423 e. The Bertz CT molecular complexity index is 1230. The van der Waals surface area contributed by atoms with Crippen molar-refractivity contribution in [3.63, 3.8) is 0 Å². The maximum Gasteiger partial charge on any atom is 0.324 e. The third-order valence-electron chi connectivity index (χ3n) is 6.97. The zero-order chi connectivity index (χ0) is 22.0. The van der Waals surface area contributed by atoms with Gasteiger partial charge in [0.15, 0.2) is 0 Å². The molecule has 7 nitrogen and oxygen atoms in total. The predicted molar refractivity (Wildman–Crippen MR) is 121 cm³/mol. The van der Waals surface area contributed by atoms with Crippen LogP contribution >= 0.6 is 0 Å². The van der Waals surface area contributed by atoms with Crippen LogP contribution in [0, 0.1) is 18.7 Å². The van der Waals surface area contributed by atoms with Crippen molar-refractivity contribution in [1.29, 1.82) is 0 Å². The van der Waals surface area contributed by atoms with Gasteiger partial charge in [0, 0.05) is 49.5 Å². The number of aryl methyl sites for hydroxylation is 1. The van der Waals surface area contributed by atoms with Gasteiger partial charge in [0.25, 0.3) is 0 Å². The number of hydrogen-bond donors (Lipinski definition) is 2. The first-order chi connectivity index (χ1) is 15.5. The van der Waals surface area contributed by atoms with Crippen LogP contribution in [0.1, 0.15) is 29.7 Å². The number of aromatic nitrogens is 3. The zero-order valence-electron chi connectivity index (χ0n) is 18.1. The standard InChI is InChI=1S/C24H25FN6O/c1-12-3-16(10-28-9-12)32-24-29-21-8-17-18(5-14(25)6-20(17)27-2)22(21)23(30-24)31-11-13-4-15(31)7-19(13)26/h3,5-6,9-10,13,15,19,27H,4,7-8,11,26H2,1-2H3. The lowest BCUT2D eigenvalue weighted by Gasteiger charge is -2.32. The van der Waals surface area contributed by atoms with Gasteiger partial charge in [-0.3, -0.25) is 4.98 Å². The molecular formula is C24H25FN6O. The molecule has 3 aromatic rings. The van der Waals surface area contributed by atoms with Crippen molar-refractivity contribution in [3.05, 3.63) is 53.2 Å². The normalized spacial score (nSPS) is 22.8. The Kier molecular flexibility index (Phi) is 4.33. The van der Waals surface area contributed by atoms with E-state index in [4.69, 9.17) is 20.4 Å². The minimum absolute atomic E-state index is 0.237. The summed E-state index contributed by atoms with van der Waals surface area (Å²) in [6.45, 7) is 2.81. The molecule has 1 aromatic carbocycles. The first-order valence-corrected chi connectivity index (χ1v) is 11.0. The zero-order valence-corrected chi connectivity index (χ0v) is 18.1. The molecule has 0 radical (unpaired) electrons. The molecule has 0 amide bonds. The van der Waals surface area contributed by atoms with Crippen LogP contribution in [0.5, 0.6) is 11.8 Å². The summed E-state index contributed by atoms with van der Waals surface area (Å²) in [5.74, 6) is 1.59. The van der Waals surface area contributed by atoms with Crippen molar-refractivity contribution in [2.24, 2.45) is 11.7 Å². The molecule has 2 aliphatic carbocycles. The predicted octanol–water partition coefficient (Wildman–Crippen LogP) is 3.65. The van der Waals surface area contributed by atoms with E-state index >= 15 is 0 Å². The highest BCUT2D eigenvalue weighted by Gasteiger charge is 2.45. The van der Waals surface area contributed by atoms with Gasteiger partial charge < -0.3 is 20.7 Å². The number of hydrogen-bond acceptors (Lipinski definition) is 7. The first-order valence-electron chi connectivity index (χ1n) is 11.0. The molecule has 2 bridgehead atoms. The number of ether oxygens (including phenoxy) is 1. The number of nitrogens with zero attached hydrogens (tertiary/aromatic N) is 4. The van der Waals surface area contributed by atoms with Gasteiger partial charge in [-0.25, -0.2) is 4.39 Å². The van der Waals surface area contributed by atoms with Crippen molar-refractivity contribution in [2.75, 3.05) is 23.8 Å². The fourth-order valence-electron chi connectivity index (χ4n) is 5.51. The summed E-state index contributed by atoms with van der Waals surface area (Å²) in [6, 6.07) is 5.90. The lowest BCUT2D eigenvalue weighted by Crippen LogP contribution is -2.41. The Morgan fingerprint density at radius 2 is 2.06 bits per heavy atom. The Hall–Kier alpha value is -3.26. The Balaban J connectivity index is 1.49. The molecule has 6 rings (SSSR count). The summed E-state index contributed by atoms with van der Waals surface area (Å²) in [5, 5.41) is 3.13. The van der Waals surface area contributed by atoms with Gasteiger partial charge in [-0.15, -0.1) is 0 Å². The van der Waals surface area contributed by atoms with Crippen molar-refractivity contribution in [2.45, 2.75) is 38.3 Å². The molecular weight excluding hydrogens is 407 g/mol. The fraction of sp³-hybridized carbons (Fsp3) is 0.375. The van der Waals surface area contributed by atoms with Crippen molar-refractivity contribution in [1.82, 2.24) is 15.0 Å². The van der Waals surface area contributed by atoms with E-state index < -0.39 is 0 Å². The monoisotopic (exact) mass is 432 g/mol. The molecule has 32 heavy (non-hydrogen) atoms. The summed E-state index contributed by atoms with van der Waals surface area (Å²) >= 11 is 0. The van der Waals surface area contributed by atoms with Crippen LogP contribution in [0.15, 0.2) is 30.6 Å². The lowest BCUT2D eigenvalue weighted by atomic mass is 10.0. The highest BCUT2D eigenvalue weighted by Crippen LogP contribution is 2.49. The number of piperidine rings is 1. The maximum atomic E-state index is 14.5. The van der Waals surface area contributed by atoms with Crippen LogP contribution in [-0.2, 0) is 6.42 Å². The minimum Gasteiger partial charge on any atom is -0.423 e. The quantitative estimate of drug-likeness (QED) is 0.509. The van der Waals surface area contributed by atoms with Crippen molar-refractivity contribution >= 4 is 11.5 Å². The molecule has 3 unspecified atom stereocenters. The van der Waals surface area contributed by atoms with Crippen LogP contribution in [0.25, 0.3) is 11.1 Å². The average Bonchev–Trinajstić information content (AvgIpc) is 3.44. The van der Waals surface area contributed by atoms with Crippen LogP contribution < -0.4 is 20.7 Å². The van der Waals surface area contributed by atoms with Crippen LogP contribution in [0.4, 0.5) is 15.9 Å². The van der Waals surface area contributed by atoms with E-state index in [1.165, 1.54) is 6.07 Å². The van der Waals surface area contributed by atoms with Crippen molar-refractivity contribution in [3.8, 4) is 22.9 Å². The van der Waals surface area contributed by atoms with Crippen LogP contribution in [-0.4, -0.2) is 40.6 Å². The van der Waals surface area contributed by atoms with Gasteiger partial charge in [0.05, 0.1) is 11.9 Å². The Labute approximate surface area is 185 Å². The highest BCUT2D eigenvalue weighted by atomic mass is 19.1. The van der Waals surface area contributed by atoms with Gasteiger partial charge >= 0.3 is 6.01 Å². The van der Waals surface area contributed by atoms with Crippen molar-refractivity contribution < 1.29 is 9.13 Å². The van der Waals surface area contributed by atoms with E-state index in [-0.39, 0.29) is 17.9 Å². The Morgan fingerprint density at radius 3 is 2.78 bits per heavy atom. The number of nitrogens with two attached hydrogens (primary N) is 1. The van der Waals surface area contributed by atoms with Gasteiger partial charge in [0.1, 0.15) is 17.4 Å². The molecule has 3 N–H and O–H groups in total. The highest BCUT2D eigenvalue weighted by molar-refractivity contribution is 5.88. The molecule has 2 aromatic heterocycles. The van der Waals surface area contributed by atoms with E-state index in [1.54, 1.807) is 18.5 Å². The molecule has 3 aliphatic rings. The SMILES string of the molecule is CNc1cc(F)cc2c1Cc1nc(Oc3cncc(C)c3)nc(N3CC4CC3CC4N)c1-2. The summed E-state index contributed by atoms with van der Waals surface area (Å²) in [5.41, 5.74) is 11.7. The van der Waals surface area contributed by atoms with E-state index in [1.807, 2.05) is 20.0 Å². The average molecular weight is 433 g/mol. The molecule has 8 heteroatoms. The molecule has 0 spiro atoms. The van der Waals surface area contributed by atoms with E-state index in [2.05, 4.69) is 15.2 Å². The fourth-order valence-corrected chi connectivity index (χ4v) is 5.51. The number of rotatable bonds is 4. The topological polar surface area (TPSA) is 89.2 Å². The second-order valence-corrected chi connectivity index (χ2v) is 9.06. The van der Waals surface area contributed by atoms with Crippen LogP contribution in [0.2, 0.25) is 0 Å². The molecule has 164 valence electrons. The summed E-state index contributed by atoms with van der Waals surface area (Å²) < 4.78 is 20.5. The molecule has 2 fully saturated rings. The van der Waals surface area contributed by atoms with Crippen LogP contribution in [0.3, 0.4) is 0 Å². The third-order valence-corrected chi connectivity index (χ3v) is 6.97. The smallest absolute Gasteiger partial charge is 0.324 e. The molecule has 1 saturated carbocycles. The Morgan fingerprint density at radius 1 is 1.19 bits per heavy atom. The van der Waals surface area contributed by atoms with Gasteiger partial charge in [-0.2, -0.15) is 9.97 Å². The van der Waals surface area contributed by atoms with E-state index in [0.717, 1.165) is 58.8 Å². The van der Waals surface area contributed by atoms with Gasteiger partial charge in [-0.05, 0) is 60.6 Å². The number of pyridine rings is 1. The summed E-state index contributed by atoms with van der Waals surface area (Å²) in [7, 11) is 1.81. The minimum atomic E-state index is -0.275. The third kappa shape index (κ3) is 3.01. The molecule has 1 saturated heterocycles. The number of nitrogens with one attached hydrogen (secondary N) is 1. The lowest BCUT2D eigenvalue weighted by molar-refractivity contribution is 0.434. The summed E-state index contributed by atoms with van der Waals surface area (Å²) in [4.78, 5) is 16.1. The number of fused-ring (bicyclic) bond motifs is 5. The number of benzene rings is 1. The molecule has 1 aliphatic heterocycles. The second-order valence-electron chi connectivity index (χ2n) is 9.06. The molecule has 3 atom stereocenters.